The summed E-state index contributed by atoms with van der Waals surface area (Å²) in [5.41, 5.74) is 3.98. The van der Waals surface area contributed by atoms with Gasteiger partial charge in [-0.05, 0) is 61.4 Å². The predicted octanol–water partition coefficient (Wildman–Crippen LogP) is 5.51. The molecule has 0 unspecified atom stereocenters. The maximum atomic E-state index is 6.09. The first kappa shape index (κ1) is 16.9. The summed E-state index contributed by atoms with van der Waals surface area (Å²) in [6, 6.07) is 13.5. The summed E-state index contributed by atoms with van der Waals surface area (Å²) in [5, 5.41) is 5.95. The third-order valence-electron chi connectivity index (χ3n) is 3.85. The van der Waals surface area contributed by atoms with Crippen molar-refractivity contribution in [3.8, 4) is 5.75 Å². The Balaban J connectivity index is 1.80. The van der Waals surface area contributed by atoms with Crippen molar-refractivity contribution < 1.29 is 4.74 Å². The van der Waals surface area contributed by atoms with Crippen molar-refractivity contribution in [1.29, 1.82) is 0 Å². The normalized spacial score (nSPS) is 10.8. The number of aromatic nitrogens is 1. The summed E-state index contributed by atoms with van der Waals surface area (Å²) in [6.07, 6.45) is 0.806. The third-order valence-corrected chi connectivity index (χ3v) is 4.32. The monoisotopic (exact) mass is 360 g/mol. The summed E-state index contributed by atoms with van der Waals surface area (Å²) < 4.78 is 5.39. The molecule has 0 saturated carbocycles. The molecule has 0 radical (unpaired) electrons. The lowest BCUT2D eigenvalue weighted by Gasteiger charge is -2.13. The number of aryl methyl sites for hydroxylation is 1. The second-order valence-electron chi connectivity index (χ2n) is 5.61. The average Bonchev–Trinajstić information content (AvgIpc) is 2.54. The number of fused-ring (bicyclic) bond motifs is 1. The van der Waals surface area contributed by atoms with Crippen molar-refractivity contribution in [3.63, 3.8) is 0 Å². The van der Waals surface area contributed by atoms with Crippen molar-refractivity contribution in [2.24, 2.45) is 0 Å². The fourth-order valence-electron chi connectivity index (χ4n) is 2.75. The third kappa shape index (κ3) is 3.74. The lowest BCUT2D eigenvalue weighted by Crippen LogP contribution is -2.07. The van der Waals surface area contributed by atoms with Crippen LogP contribution in [0.3, 0.4) is 0 Å². The van der Waals surface area contributed by atoms with E-state index >= 15 is 0 Å². The van der Waals surface area contributed by atoms with Gasteiger partial charge in [0.05, 0.1) is 12.6 Å². The van der Waals surface area contributed by atoms with Gasteiger partial charge in [-0.25, -0.2) is 0 Å². The Bertz CT molecular complexity index is 875. The molecule has 0 atom stereocenters. The molecule has 0 aliphatic carbocycles. The van der Waals surface area contributed by atoms with E-state index in [9.17, 15) is 0 Å². The van der Waals surface area contributed by atoms with Crippen LogP contribution in [0, 0.1) is 6.92 Å². The maximum Gasteiger partial charge on any atom is 0.122 e. The molecule has 3 nitrogen and oxygen atoms in total. The zero-order valence-corrected chi connectivity index (χ0v) is 15.1. The van der Waals surface area contributed by atoms with Crippen molar-refractivity contribution in [2.75, 3.05) is 19.0 Å². The van der Waals surface area contributed by atoms with Gasteiger partial charge >= 0.3 is 0 Å². The maximum absolute atomic E-state index is 6.09. The lowest BCUT2D eigenvalue weighted by atomic mass is 10.1. The van der Waals surface area contributed by atoms with Crippen LogP contribution in [0.1, 0.15) is 11.3 Å². The molecule has 0 bridgehead atoms. The van der Waals surface area contributed by atoms with Crippen molar-refractivity contribution in [2.45, 2.75) is 13.3 Å². The molecule has 1 aromatic heterocycles. The van der Waals surface area contributed by atoms with Gasteiger partial charge in [-0.3, -0.25) is 4.98 Å². The SMILES string of the molecule is COc1ccc(Cl)cc1CCNc1cc(C)nc2cc(Cl)ccc12. The smallest absolute Gasteiger partial charge is 0.122 e. The van der Waals surface area contributed by atoms with Crippen LogP contribution in [0.15, 0.2) is 42.5 Å². The Kier molecular flexibility index (Phi) is 5.12. The Hall–Kier alpha value is -1.97. The van der Waals surface area contributed by atoms with E-state index in [1.807, 2.05) is 49.4 Å². The molecule has 1 heterocycles. The first-order valence-corrected chi connectivity index (χ1v) is 8.45. The van der Waals surface area contributed by atoms with E-state index in [4.69, 9.17) is 27.9 Å². The summed E-state index contributed by atoms with van der Waals surface area (Å²) in [4.78, 5) is 4.54. The van der Waals surface area contributed by atoms with E-state index < -0.39 is 0 Å². The molecule has 0 aliphatic rings. The molecule has 0 saturated heterocycles. The van der Waals surface area contributed by atoms with Crippen LogP contribution in [0.2, 0.25) is 10.0 Å². The van der Waals surface area contributed by atoms with Crippen LogP contribution in [-0.4, -0.2) is 18.6 Å². The molecule has 24 heavy (non-hydrogen) atoms. The van der Waals surface area contributed by atoms with Gasteiger partial charge in [0.15, 0.2) is 0 Å². The number of ether oxygens (including phenoxy) is 1. The van der Waals surface area contributed by atoms with Gasteiger partial charge in [0.2, 0.25) is 0 Å². The topological polar surface area (TPSA) is 34.1 Å². The predicted molar refractivity (Wildman–Crippen MR) is 102 cm³/mol. The molecule has 124 valence electrons. The van der Waals surface area contributed by atoms with Crippen LogP contribution >= 0.6 is 23.2 Å². The number of benzene rings is 2. The van der Waals surface area contributed by atoms with Crippen LogP contribution in [-0.2, 0) is 6.42 Å². The zero-order chi connectivity index (χ0) is 17.1. The van der Waals surface area contributed by atoms with Crippen molar-refractivity contribution in [1.82, 2.24) is 4.98 Å². The molecule has 3 aromatic rings. The lowest BCUT2D eigenvalue weighted by molar-refractivity contribution is 0.410. The van der Waals surface area contributed by atoms with Crippen LogP contribution in [0.25, 0.3) is 10.9 Å². The van der Waals surface area contributed by atoms with Crippen LogP contribution < -0.4 is 10.1 Å². The number of nitrogens with zero attached hydrogens (tertiary/aromatic N) is 1. The minimum absolute atomic E-state index is 0.690. The number of anilines is 1. The van der Waals surface area contributed by atoms with Gasteiger partial charge in [0, 0.05) is 33.4 Å². The van der Waals surface area contributed by atoms with E-state index in [1.54, 1.807) is 7.11 Å². The number of pyridine rings is 1. The van der Waals surface area contributed by atoms with Gasteiger partial charge in [-0.2, -0.15) is 0 Å². The van der Waals surface area contributed by atoms with Crippen molar-refractivity contribution in [3.05, 3.63) is 63.8 Å². The van der Waals surface area contributed by atoms with E-state index in [2.05, 4.69) is 10.3 Å². The number of nitrogens with one attached hydrogen (secondary N) is 1. The summed E-state index contributed by atoms with van der Waals surface area (Å²) in [5.74, 6) is 0.851. The van der Waals surface area contributed by atoms with Crippen molar-refractivity contribution >= 4 is 39.8 Å². The molecule has 3 rings (SSSR count). The highest BCUT2D eigenvalue weighted by Gasteiger charge is 2.07. The number of hydrogen-bond donors (Lipinski definition) is 1. The molecule has 0 amide bonds. The molecular weight excluding hydrogens is 343 g/mol. The number of hydrogen-bond acceptors (Lipinski definition) is 3. The first-order chi connectivity index (χ1) is 11.6. The summed E-state index contributed by atoms with van der Waals surface area (Å²) in [6.45, 7) is 2.74. The Morgan fingerprint density at radius 1 is 1.04 bits per heavy atom. The molecular formula is C19H18Cl2N2O. The number of methoxy groups -OCH3 is 1. The fraction of sp³-hybridized carbons (Fsp3) is 0.211. The fourth-order valence-corrected chi connectivity index (χ4v) is 3.12. The highest BCUT2D eigenvalue weighted by molar-refractivity contribution is 6.31. The van der Waals surface area contributed by atoms with E-state index in [1.165, 1.54) is 0 Å². The van der Waals surface area contributed by atoms with Gasteiger partial charge in [0.25, 0.3) is 0 Å². The number of rotatable bonds is 5. The molecule has 0 spiro atoms. The molecule has 2 aromatic carbocycles. The van der Waals surface area contributed by atoms with E-state index in [0.29, 0.717) is 10.0 Å². The second-order valence-corrected chi connectivity index (χ2v) is 6.48. The second kappa shape index (κ2) is 7.29. The standard InChI is InChI=1S/C19H18Cl2N2O/c1-12-9-17(16-5-3-15(21)11-18(16)23-12)22-8-7-13-10-14(20)4-6-19(13)24-2/h3-6,9-11H,7-8H2,1-2H3,(H,22,23). The molecule has 0 fully saturated rings. The molecule has 0 aliphatic heterocycles. The largest absolute Gasteiger partial charge is 0.496 e. The minimum Gasteiger partial charge on any atom is -0.496 e. The quantitative estimate of drug-likeness (QED) is 0.650. The Labute approximate surface area is 151 Å². The number of halogens is 2. The Morgan fingerprint density at radius 3 is 2.58 bits per heavy atom. The molecule has 5 heteroatoms. The summed E-state index contributed by atoms with van der Waals surface area (Å²) >= 11 is 12.2. The van der Waals surface area contributed by atoms with E-state index in [0.717, 1.165) is 46.6 Å². The average molecular weight is 361 g/mol. The van der Waals surface area contributed by atoms with Gasteiger partial charge < -0.3 is 10.1 Å². The Morgan fingerprint density at radius 2 is 1.79 bits per heavy atom. The molecule has 1 N–H and O–H groups in total. The van der Waals surface area contributed by atoms with Crippen LogP contribution in [0.4, 0.5) is 5.69 Å². The van der Waals surface area contributed by atoms with Gasteiger partial charge in [-0.15, -0.1) is 0 Å². The van der Waals surface area contributed by atoms with Gasteiger partial charge in [-0.1, -0.05) is 23.2 Å². The first-order valence-electron chi connectivity index (χ1n) is 7.70. The zero-order valence-electron chi connectivity index (χ0n) is 13.6. The highest BCUT2D eigenvalue weighted by Crippen LogP contribution is 2.27. The van der Waals surface area contributed by atoms with Crippen LogP contribution in [0.5, 0.6) is 5.75 Å². The van der Waals surface area contributed by atoms with E-state index in [-0.39, 0.29) is 0 Å². The highest BCUT2D eigenvalue weighted by atomic mass is 35.5. The van der Waals surface area contributed by atoms with Gasteiger partial charge in [0.1, 0.15) is 5.75 Å². The summed E-state index contributed by atoms with van der Waals surface area (Å²) in [7, 11) is 1.67. The minimum atomic E-state index is 0.690.